The number of hydrogen-bond donors (Lipinski definition) is 1. The van der Waals surface area contributed by atoms with Crippen LogP contribution < -0.4 is 10.1 Å². The summed E-state index contributed by atoms with van der Waals surface area (Å²) in [5.41, 5.74) is 3.04. The molecule has 0 bridgehead atoms. The average molecular weight is 392 g/mol. The third kappa shape index (κ3) is 4.26. The maximum absolute atomic E-state index is 13.2. The van der Waals surface area contributed by atoms with Crippen molar-refractivity contribution >= 4 is 28.1 Å². The molecule has 0 atom stereocenters. The first-order chi connectivity index (χ1) is 13.7. The Balaban J connectivity index is 1.37. The summed E-state index contributed by atoms with van der Waals surface area (Å²) in [4.78, 5) is 0. The zero-order valence-electron chi connectivity index (χ0n) is 15.2. The molecule has 2 nitrogen and oxygen atoms in total. The highest BCUT2D eigenvalue weighted by Gasteiger charge is 2.03. The Morgan fingerprint density at radius 3 is 2.46 bits per heavy atom. The molecule has 0 aromatic heterocycles. The summed E-state index contributed by atoms with van der Waals surface area (Å²) in [5, 5.41) is 5.77. The van der Waals surface area contributed by atoms with Crippen LogP contribution in [0.4, 0.5) is 10.1 Å². The highest BCUT2D eigenvalue weighted by Crippen LogP contribution is 2.22. The van der Waals surface area contributed by atoms with Crippen LogP contribution in [-0.2, 0) is 13.2 Å². The largest absolute Gasteiger partial charge is 0.489 e. The topological polar surface area (TPSA) is 21.3 Å². The van der Waals surface area contributed by atoms with Crippen LogP contribution in [0.3, 0.4) is 0 Å². The molecule has 140 valence electrons. The summed E-state index contributed by atoms with van der Waals surface area (Å²) in [6.45, 7) is 1.14. The van der Waals surface area contributed by atoms with Crippen molar-refractivity contribution in [2.45, 2.75) is 13.2 Å². The second-order valence-corrected chi connectivity index (χ2v) is 6.96. The first kappa shape index (κ1) is 18.3. The monoisotopic (exact) mass is 391 g/mol. The molecule has 4 aromatic rings. The molecule has 4 aromatic carbocycles. The predicted octanol–water partition coefficient (Wildman–Crippen LogP) is 6.82. The van der Waals surface area contributed by atoms with Gasteiger partial charge in [-0.3, -0.25) is 0 Å². The molecule has 4 heteroatoms. The molecule has 0 aliphatic rings. The lowest BCUT2D eigenvalue weighted by atomic mass is 10.1. The molecule has 0 aliphatic heterocycles. The van der Waals surface area contributed by atoms with Crippen LogP contribution in [0.25, 0.3) is 10.8 Å². The molecule has 0 amide bonds. The molecule has 0 saturated carbocycles. The summed E-state index contributed by atoms with van der Waals surface area (Å²) in [7, 11) is 0. The quantitative estimate of drug-likeness (QED) is 0.389. The van der Waals surface area contributed by atoms with Crippen molar-refractivity contribution in [3.63, 3.8) is 0 Å². The first-order valence-corrected chi connectivity index (χ1v) is 9.44. The van der Waals surface area contributed by atoms with E-state index in [-0.39, 0.29) is 5.02 Å². The van der Waals surface area contributed by atoms with Gasteiger partial charge in [0.2, 0.25) is 0 Å². The second-order valence-electron chi connectivity index (χ2n) is 6.55. The van der Waals surface area contributed by atoms with E-state index in [4.69, 9.17) is 16.3 Å². The van der Waals surface area contributed by atoms with E-state index in [1.807, 2.05) is 36.4 Å². The minimum absolute atomic E-state index is 0.113. The fourth-order valence-electron chi connectivity index (χ4n) is 3.09. The Hall–Kier alpha value is -3.04. The van der Waals surface area contributed by atoms with E-state index in [1.165, 1.54) is 16.8 Å². The van der Waals surface area contributed by atoms with Crippen molar-refractivity contribution in [2.75, 3.05) is 5.32 Å². The molecule has 28 heavy (non-hydrogen) atoms. The van der Waals surface area contributed by atoms with Crippen LogP contribution in [0.5, 0.6) is 5.75 Å². The molecule has 0 saturated heterocycles. The molecule has 0 unspecified atom stereocenters. The maximum atomic E-state index is 13.2. The molecule has 0 fully saturated rings. The number of halogens is 2. The highest BCUT2D eigenvalue weighted by atomic mass is 35.5. The van der Waals surface area contributed by atoms with E-state index in [1.54, 1.807) is 12.1 Å². The van der Waals surface area contributed by atoms with E-state index >= 15 is 0 Å². The number of nitrogens with one attached hydrogen (secondary N) is 1. The van der Waals surface area contributed by atoms with Crippen molar-refractivity contribution in [2.24, 2.45) is 0 Å². The number of hydrogen-bond acceptors (Lipinski definition) is 2. The molecule has 0 heterocycles. The van der Waals surface area contributed by atoms with Crippen LogP contribution >= 0.6 is 11.6 Å². The fraction of sp³-hybridized carbons (Fsp3) is 0.0833. The summed E-state index contributed by atoms with van der Waals surface area (Å²) < 4.78 is 19.2. The van der Waals surface area contributed by atoms with Gasteiger partial charge in [-0.1, -0.05) is 66.2 Å². The summed E-state index contributed by atoms with van der Waals surface area (Å²) >= 11 is 5.81. The van der Waals surface area contributed by atoms with E-state index in [0.29, 0.717) is 13.2 Å². The molecule has 0 aliphatic carbocycles. The van der Waals surface area contributed by atoms with Crippen molar-refractivity contribution in [1.82, 2.24) is 0 Å². The van der Waals surface area contributed by atoms with E-state index in [9.17, 15) is 4.39 Å². The highest BCUT2D eigenvalue weighted by molar-refractivity contribution is 6.31. The average Bonchev–Trinajstić information content (AvgIpc) is 2.74. The summed E-state index contributed by atoms with van der Waals surface area (Å²) in [6.07, 6.45) is 0. The molecule has 0 radical (unpaired) electrons. The van der Waals surface area contributed by atoms with Gasteiger partial charge in [0.25, 0.3) is 0 Å². The summed E-state index contributed by atoms with van der Waals surface area (Å²) in [6, 6.07) is 27.1. The predicted molar refractivity (Wildman–Crippen MR) is 113 cm³/mol. The van der Waals surface area contributed by atoms with E-state index in [0.717, 1.165) is 22.6 Å². The van der Waals surface area contributed by atoms with Crippen LogP contribution in [0.15, 0.2) is 84.9 Å². The van der Waals surface area contributed by atoms with Crippen molar-refractivity contribution in [3.05, 3.63) is 107 Å². The van der Waals surface area contributed by atoms with E-state index < -0.39 is 5.82 Å². The Morgan fingerprint density at radius 2 is 1.64 bits per heavy atom. The van der Waals surface area contributed by atoms with Gasteiger partial charge in [0, 0.05) is 12.2 Å². The normalized spacial score (nSPS) is 10.8. The fourth-order valence-corrected chi connectivity index (χ4v) is 3.27. The van der Waals surface area contributed by atoms with Crippen molar-refractivity contribution in [1.29, 1.82) is 0 Å². The number of rotatable bonds is 6. The van der Waals surface area contributed by atoms with Crippen LogP contribution in [0.2, 0.25) is 5.02 Å². The van der Waals surface area contributed by atoms with Gasteiger partial charge in [0.1, 0.15) is 18.2 Å². The molecule has 1 N–H and O–H groups in total. The number of anilines is 1. The first-order valence-electron chi connectivity index (χ1n) is 9.06. The minimum atomic E-state index is -0.417. The number of fused-ring (bicyclic) bond motifs is 1. The van der Waals surface area contributed by atoms with Gasteiger partial charge in [-0.2, -0.15) is 0 Å². The van der Waals surface area contributed by atoms with Crippen LogP contribution in [0.1, 0.15) is 11.1 Å². The zero-order chi connectivity index (χ0) is 19.3. The molecule has 0 spiro atoms. The molecule has 4 rings (SSSR count). The standard InChI is InChI=1S/C24H19ClFNO/c25-23-14-20(10-13-24(23)26)27-15-17-8-11-21(12-9-17)28-16-19-6-3-5-18-4-1-2-7-22(18)19/h1-14,27H,15-16H2. The SMILES string of the molecule is Fc1ccc(NCc2ccc(OCc3cccc4ccccc34)cc2)cc1Cl. The van der Waals surface area contributed by atoms with Gasteiger partial charge >= 0.3 is 0 Å². The Kier molecular flexibility index (Phi) is 5.45. The lowest BCUT2D eigenvalue weighted by molar-refractivity contribution is 0.307. The number of benzene rings is 4. The minimum Gasteiger partial charge on any atom is -0.489 e. The third-order valence-corrected chi connectivity index (χ3v) is 4.90. The smallest absolute Gasteiger partial charge is 0.141 e. The lowest BCUT2D eigenvalue weighted by Gasteiger charge is -2.11. The van der Waals surface area contributed by atoms with Crippen LogP contribution in [-0.4, -0.2) is 0 Å². The van der Waals surface area contributed by atoms with Gasteiger partial charge in [-0.05, 0) is 52.2 Å². The molecular weight excluding hydrogens is 373 g/mol. The maximum Gasteiger partial charge on any atom is 0.141 e. The van der Waals surface area contributed by atoms with Gasteiger partial charge in [-0.25, -0.2) is 4.39 Å². The second kappa shape index (κ2) is 8.32. The van der Waals surface area contributed by atoms with Gasteiger partial charge in [0.15, 0.2) is 0 Å². The lowest BCUT2D eigenvalue weighted by Crippen LogP contribution is -2.00. The Bertz CT molecular complexity index is 1090. The Morgan fingerprint density at radius 1 is 0.857 bits per heavy atom. The van der Waals surface area contributed by atoms with E-state index in [2.05, 4.69) is 35.6 Å². The van der Waals surface area contributed by atoms with Gasteiger partial charge < -0.3 is 10.1 Å². The van der Waals surface area contributed by atoms with Gasteiger partial charge in [0.05, 0.1) is 5.02 Å². The Labute approximate surface area is 168 Å². The van der Waals surface area contributed by atoms with Gasteiger partial charge in [-0.15, -0.1) is 0 Å². The third-order valence-electron chi connectivity index (χ3n) is 4.61. The number of ether oxygens (including phenoxy) is 1. The zero-order valence-corrected chi connectivity index (χ0v) is 15.9. The molecular formula is C24H19ClFNO. The van der Waals surface area contributed by atoms with Crippen LogP contribution in [0, 0.1) is 5.82 Å². The summed E-state index contributed by atoms with van der Waals surface area (Å²) in [5.74, 6) is 0.404. The van der Waals surface area contributed by atoms with Crippen molar-refractivity contribution in [3.8, 4) is 5.75 Å². The van der Waals surface area contributed by atoms with Crippen molar-refractivity contribution < 1.29 is 9.13 Å².